The van der Waals surface area contributed by atoms with Crippen LogP contribution in [0.25, 0.3) is 0 Å². The van der Waals surface area contributed by atoms with Gasteiger partial charge < -0.3 is 9.64 Å². The molecule has 2 aromatic carbocycles. The summed E-state index contributed by atoms with van der Waals surface area (Å²) in [6, 6.07) is 13.9. The lowest BCUT2D eigenvalue weighted by Crippen LogP contribution is -2.30. The fourth-order valence-corrected chi connectivity index (χ4v) is 3.95. The second-order valence-corrected chi connectivity index (χ2v) is 7.77. The smallest absolute Gasteiger partial charge is 0.338 e. The number of hydrogen-bond acceptors (Lipinski definition) is 5. The van der Waals surface area contributed by atoms with Gasteiger partial charge in [-0.25, -0.2) is 4.79 Å². The van der Waals surface area contributed by atoms with Gasteiger partial charge in [0.2, 0.25) is 5.91 Å². The second kappa shape index (κ2) is 9.12. The topological polar surface area (TPSA) is 84.0 Å². The third kappa shape index (κ3) is 4.50. The van der Waals surface area contributed by atoms with Crippen LogP contribution >= 0.6 is 0 Å². The first-order valence-electron chi connectivity index (χ1n) is 10.5. The lowest BCUT2D eigenvalue weighted by molar-refractivity contribution is -0.128. The molecule has 0 atom stereocenters. The highest BCUT2D eigenvalue weighted by Gasteiger charge is 2.34. The Morgan fingerprint density at radius 3 is 2.35 bits per heavy atom. The van der Waals surface area contributed by atoms with Gasteiger partial charge in [-0.15, -0.1) is 0 Å². The summed E-state index contributed by atoms with van der Waals surface area (Å²) in [6.45, 7) is 1.75. The van der Waals surface area contributed by atoms with Crippen molar-refractivity contribution in [1.29, 1.82) is 0 Å². The molecule has 7 nitrogen and oxygen atoms in total. The molecule has 1 saturated heterocycles. The second-order valence-electron chi connectivity index (χ2n) is 7.77. The van der Waals surface area contributed by atoms with Gasteiger partial charge in [-0.3, -0.25) is 19.3 Å². The zero-order valence-electron chi connectivity index (χ0n) is 17.2. The summed E-state index contributed by atoms with van der Waals surface area (Å²) in [5, 5.41) is 0. The minimum absolute atomic E-state index is 0.144. The minimum Gasteiger partial charge on any atom is -0.462 e. The first-order valence-corrected chi connectivity index (χ1v) is 10.5. The van der Waals surface area contributed by atoms with Crippen molar-refractivity contribution in [2.45, 2.75) is 32.2 Å². The molecule has 0 aliphatic carbocycles. The predicted molar refractivity (Wildman–Crippen MR) is 112 cm³/mol. The van der Waals surface area contributed by atoms with Crippen molar-refractivity contribution in [3.8, 4) is 0 Å². The number of benzene rings is 2. The molecule has 0 radical (unpaired) electrons. The first-order chi connectivity index (χ1) is 15.0. The number of likely N-dealkylation sites (tertiary alicyclic amines) is 1. The van der Waals surface area contributed by atoms with E-state index in [4.69, 9.17) is 4.74 Å². The Morgan fingerprint density at radius 2 is 1.68 bits per heavy atom. The third-order valence-electron chi connectivity index (χ3n) is 5.59. The molecule has 0 spiro atoms. The molecule has 2 aliphatic rings. The van der Waals surface area contributed by atoms with E-state index in [1.54, 1.807) is 47.4 Å². The van der Waals surface area contributed by atoms with Gasteiger partial charge in [-0.05, 0) is 49.1 Å². The van der Waals surface area contributed by atoms with Crippen LogP contribution in [-0.4, -0.2) is 53.2 Å². The molecule has 2 heterocycles. The molecule has 0 bridgehead atoms. The molecule has 0 saturated carbocycles. The molecule has 3 amide bonds. The summed E-state index contributed by atoms with van der Waals surface area (Å²) in [5.41, 5.74) is 2.23. The van der Waals surface area contributed by atoms with E-state index in [1.165, 1.54) is 4.90 Å². The molecule has 1 fully saturated rings. The zero-order chi connectivity index (χ0) is 21.8. The Labute approximate surface area is 180 Å². The number of fused-ring (bicyclic) bond motifs is 1. The number of rotatable bonds is 8. The van der Waals surface area contributed by atoms with Gasteiger partial charge in [0.25, 0.3) is 11.8 Å². The Bertz CT molecular complexity index is 997. The molecule has 0 unspecified atom stereocenters. The van der Waals surface area contributed by atoms with E-state index >= 15 is 0 Å². The number of esters is 1. The van der Waals surface area contributed by atoms with Crippen LogP contribution in [-0.2, 0) is 16.1 Å². The van der Waals surface area contributed by atoms with Crippen molar-refractivity contribution in [3.63, 3.8) is 0 Å². The van der Waals surface area contributed by atoms with Crippen LogP contribution in [0.4, 0.5) is 0 Å². The summed E-state index contributed by atoms with van der Waals surface area (Å²) in [7, 11) is 0. The Balaban J connectivity index is 1.22. The number of ether oxygens (including phenoxy) is 1. The summed E-state index contributed by atoms with van der Waals surface area (Å²) >= 11 is 0. The summed E-state index contributed by atoms with van der Waals surface area (Å²) in [5.74, 6) is -0.821. The summed E-state index contributed by atoms with van der Waals surface area (Å²) in [6.07, 6.45) is 2.56. The van der Waals surface area contributed by atoms with E-state index in [2.05, 4.69) is 0 Å². The maximum Gasteiger partial charge on any atom is 0.338 e. The standard InChI is InChI=1S/C24H24N2O5/c27-21-11-6-12-25(21)16-17-7-5-8-18(15-17)24(30)31-14-4-3-13-26-22(28)19-9-1-2-10-20(19)23(26)29/h1-2,5,7-10,15H,3-4,6,11-14,16H2. The average molecular weight is 420 g/mol. The number of imide groups is 1. The van der Waals surface area contributed by atoms with Crippen LogP contribution in [0, 0.1) is 0 Å². The normalized spacial score (nSPS) is 15.5. The Morgan fingerprint density at radius 1 is 0.935 bits per heavy atom. The number of unbranched alkanes of at least 4 members (excludes halogenated alkanes) is 1. The van der Waals surface area contributed by atoms with E-state index in [0.29, 0.717) is 49.0 Å². The minimum atomic E-state index is -0.421. The maximum atomic E-state index is 12.3. The van der Waals surface area contributed by atoms with E-state index in [0.717, 1.165) is 18.5 Å². The maximum absolute atomic E-state index is 12.3. The quantitative estimate of drug-likeness (QED) is 0.372. The van der Waals surface area contributed by atoms with Crippen molar-refractivity contribution in [2.75, 3.05) is 19.7 Å². The number of carbonyl (C=O) groups excluding carboxylic acids is 4. The van der Waals surface area contributed by atoms with Crippen LogP contribution in [0.15, 0.2) is 48.5 Å². The average Bonchev–Trinajstić information content (AvgIpc) is 3.29. The third-order valence-corrected chi connectivity index (χ3v) is 5.59. The summed E-state index contributed by atoms with van der Waals surface area (Å²) in [4.78, 5) is 51.9. The molecular formula is C24H24N2O5. The molecule has 7 heteroatoms. The van der Waals surface area contributed by atoms with Crippen LogP contribution in [0.5, 0.6) is 0 Å². The van der Waals surface area contributed by atoms with Crippen molar-refractivity contribution in [2.24, 2.45) is 0 Å². The Kier molecular flexibility index (Phi) is 6.11. The molecule has 0 N–H and O–H groups in total. The highest BCUT2D eigenvalue weighted by atomic mass is 16.5. The highest BCUT2D eigenvalue weighted by molar-refractivity contribution is 6.21. The van der Waals surface area contributed by atoms with E-state index in [-0.39, 0.29) is 24.3 Å². The monoisotopic (exact) mass is 420 g/mol. The van der Waals surface area contributed by atoms with E-state index < -0.39 is 5.97 Å². The van der Waals surface area contributed by atoms with Gasteiger partial charge in [-0.2, -0.15) is 0 Å². The van der Waals surface area contributed by atoms with Gasteiger partial charge >= 0.3 is 5.97 Å². The van der Waals surface area contributed by atoms with Gasteiger partial charge in [0.15, 0.2) is 0 Å². The van der Waals surface area contributed by atoms with Crippen molar-refractivity contribution >= 4 is 23.7 Å². The summed E-state index contributed by atoms with van der Waals surface area (Å²) < 4.78 is 5.35. The van der Waals surface area contributed by atoms with E-state index in [1.807, 2.05) is 6.07 Å². The van der Waals surface area contributed by atoms with Crippen LogP contribution in [0.2, 0.25) is 0 Å². The highest BCUT2D eigenvalue weighted by Crippen LogP contribution is 2.22. The molecule has 0 aromatic heterocycles. The number of nitrogens with zero attached hydrogens (tertiary/aromatic N) is 2. The lowest BCUT2D eigenvalue weighted by atomic mass is 10.1. The molecule has 2 aromatic rings. The van der Waals surface area contributed by atoms with Gasteiger partial charge in [0.1, 0.15) is 0 Å². The van der Waals surface area contributed by atoms with E-state index in [9.17, 15) is 19.2 Å². The fraction of sp³-hybridized carbons (Fsp3) is 0.333. The largest absolute Gasteiger partial charge is 0.462 e. The molecule has 4 rings (SSSR count). The zero-order valence-corrected chi connectivity index (χ0v) is 17.2. The van der Waals surface area contributed by atoms with Crippen molar-refractivity contribution in [3.05, 3.63) is 70.8 Å². The van der Waals surface area contributed by atoms with Gasteiger partial charge in [0, 0.05) is 26.1 Å². The predicted octanol–water partition coefficient (Wildman–Crippen LogP) is 3.04. The van der Waals surface area contributed by atoms with Gasteiger partial charge in [0.05, 0.1) is 23.3 Å². The first kappa shape index (κ1) is 20.8. The molecule has 31 heavy (non-hydrogen) atoms. The number of carbonyl (C=O) groups is 4. The van der Waals surface area contributed by atoms with Crippen LogP contribution < -0.4 is 0 Å². The SMILES string of the molecule is O=C(OCCCCN1C(=O)c2ccccc2C1=O)c1cccc(CN2CCCC2=O)c1. The van der Waals surface area contributed by atoms with Crippen LogP contribution in [0.3, 0.4) is 0 Å². The molecule has 2 aliphatic heterocycles. The van der Waals surface area contributed by atoms with Gasteiger partial charge in [-0.1, -0.05) is 24.3 Å². The Hall–Kier alpha value is -3.48. The molecular weight excluding hydrogens is 396 g/mol. The van der Waals surface area contributed by atoms with Crippen LogP contribution in [0.1, 0.15) is 62.3 Å². The number of amides is 3. The van der Waals surface area contributed by atoms with Crippen molar-refractivity contribution < 1.29 is 23.9 Å². The number of hydrogen-bond donors (Lipinski definition) is 0. The lowest BCUT2D eigenvalue weighted by Gasteiger charge is -2.16. The molecule has 160 valence electrons. The van der Waals surface area contributed by atoms with Crippen molar-refractivity contribution in [1.82, 2.24) is 9.80 Å². The fourth-order valence-electron chi connectivity index (χ4n) is 3.95.